The van der Waals surface area contributed by atoms with E-state index in [9.17, 15) is 9.59 Å². The maximum atomic E-state index is 13.1. The first-order valence-corrected chi connectivity index (χ1v) is 10.2. The molecule has 0 saturated carbocycles. The van der Waals surface area contributed by atoms with Gasteiger partial charge in [0.1, 0.15) is 5.76 Å². The summed E-state index contributed by atoms with van der Waals surface area (Å²) >= 11 is 0. The molecule has 0 radical (unpaired) electrons. The van der Waals surface area contributed by atoms with Gasteiger partial charge in [-0.15, -0.1) is 0 Å². The Balaban J connectivity index is 1.75. The Bertz CT molecular complexity index is 1110. The van der Waals surface area contributed by atoms with Crippen molar-refractivity contribution >= 4 is 34.4 Å². The molecule has 1 aliphatic rings. The van der Waals surface area contributed by atoms with Crippen LogP contribution in [-0.2, 0) is 16.0 Å². The summed E-state index contributed by atoms with van der Waals surface area (Å²) < 4.78 is 10.9. The molecule has 154 valence electrons. The first-order chi connectivity index (χ1) is 14.5. The number of carbonyl (C=O) groups is 2. The molecule has 2 aromatic heterocycles. The SMILES string of the molecule is CC(C)NC(=O)COC(=O)c1c2c(nc3ccccc13)C(=Cc1ccco1)CCC2. The fourth-order valence-corrected chi connectivity index (χ4v) is 3.82. The maximum absolute atomic E-state index is 13.1. The van der Waals surface area contributed by atoms with Crippen molar-refractivity contribution in [1.82, 2.24) is 10.3 Å². The number of pyridine rings is 1. The minimum Gasteiger partial charge on any atom is -0.465 e. The van der Waals surface area contributed by atoms with E-state index in [1.165, 1.54) is 0 Å². The second-order valence-corrected chi connectivity index (χ2v) is 7.67. The van der Waals surface area contributed by atoms with Gasteiger partial charge in [-0.1, -0.05) is 18.2 Å². The lowest BCUT2D eigenvalue weighted by Gasteiger charge is -2.22. The standard InChI is InChI=1S/C24H24N2O4/c1-15(2)25-21(27)14-30-24(28)22-18-9-3-4-11-20(18)26-23-16(7-5-10-19(22)23)13-17-8-6-12-29-17/h3-4,6,8-9,11-13,15H,5,7,10,14H2,1-2H3,(H,25,27). The number of nitrogens with one attached hydrogen (secondary N) is 1. The quantitative estimate of drug-likeness (QED) is 0.638. The molecule has 0 atom stereocenters. The summed E-state index contributed by atoms with van der Waals surface area (Å²) in [5.74, 6) is -0.0609. The van der Waals surface area contributed by atoms with Gasteiger partial charge in [0.25, 0.3) is 5.91 Å². The molecule has 4 rings (SSSR count). The highest BCUT2D eigenvalue weighted by Crippen LogP contribution is 2.36. The number of ether oxygens (including phenoxy) is 1. The van der Waals surface area contributed by atoms with Crippen LogP contribution in [-0.4, -0.2) is 29.5 Å². The number of furan rings is 1. The molecule has 0 bridgehead atoms. The number of para-hydroxylation sites is 1. The monoisotopic (exact) mass is 404 g/mol. The fourth-order valence-electron chi connectivity index (χ4n) is 3.82. The van der Waals surface area contributed by atoms with Crippen molar-refractivity contribution in [3.8, 4) is 0 Å². The zero-order valence-electron chi connectivity index (χ0n) is 17.1. The largest absolute Gasteiger partial charge is 0.465 e. The van der Waals surface area contributed by atoms with Crippen LogP contribution in [0.5, 0.6) is 0 Å². The number of rotatable bonds is 5. The van der Waals surface area contributed by atoms with Crippen LogP contribution in [0.2, 0.25) is 0 Å². The molecular weight excluding hydrogens is 380 g/mol. The summed E-state index contributed by atoms with van der Waals surface area (Å²) in [5.41, 5.74) is 3.92. The van der Waals surface area contributed by atoms with Crippen LogP contribution in [0.3, 0.4) is 0 Å². The van der Waals surface area contributed by atoms with E-state index >= 15 is 0 Å². The highest BCUT2D eigenvalue weighted by molar-refractivity contribution is 6.07. The highest BCUT2D eigenvalue weighted by atomic mass is 16.5. The van der Waals surface area contributed by atoms with Crippen LogP contribution in [0.4, 0.5) is 0 Å². The second kappa shape index (κ2) is 8.53. The normalized spacial score (nSPS) is 14.7. The molecule has 0 aliphatic heterocycles. The second-order valence-electron chi connectivity index (χ2n) is 7.67. The Labute approximate surface area is 174 Å². The van der Waals surface area contributed by atoms with Crippen LogP contribution in [0.25, 0.3) is 22.6 Å². The average molecular weight is 404 g/mol. The van der Waals surface area contributed by atoms with E-state index in [2.05, 4.69) is 5.32 Å². The van der Waals surface area contributed by atoms with Gasteiger partial charge in [-0.2, -0.15) is 0 Å². The molecule has 1 N–H and O–H groups in total. The van der Waals surface area contributed by atoms with Gasteiger partial charge >= 0.3 is 5.97 Å². The van der Waals surface area contributed by atoms with Crippen molar-refractivity contribution in [2.75, 3.05) is 6.61 Å². The van der Waals surface area contributed by atoms with Gasteiger partial charge in [-0.05, 0) is 68.5 Å². The van der Waals surface area contributed by atoms with E-state index in [4.69, 9.17) is 14.1 Å². The Morgan fingerprint density at radius 2 is 2.03 bits per heavy atom. The smallest absolute Gasteiger partial charge is 0.339 e. The van der Waals surface area contributed by atoms with Gasteiger partial charge in [0, 0.05) is 11.4 Å². The number of fused-ring (bicyclic) bond motifs is 2. The van der Waals surface area contributed by atoms with Gasteiger partial charge in [0.05, 0.1) is 23.0 Å². The number of nitrogens with zero attached hydrogens (tertiary/aromatic N) is 1. The van der Waals surface area contributed by atoms with Crippen molar-refractivity contribution in [2.24, 2.45) is 0 Å². The van der Waals surface area contributed by atoms with E-state index in [1.807, 2.05) is 56.3 Å². The molecule has 30 heavy (non-hydrogen) atoms. The number of allylic oxidation sites excluding steroid dienone is 1. The first-order valence-electron chi connectivity index (χ1n) is 10.2. The van der Waals surface area contributed by atoms with Crippen molar-refractivity contribution in [2.45, 2.75) is 39.2 Å². The van der Waals surface area contributed by atoms with Crippen molar-refractivity contribution < 1.29 is 18.7 Å². The minimum atomic E-state index is -0.497. The van der Waals surface area contributed by atoms with Crippen molar-refractivity contribution in [1.29, 1.82) is 0 Å². The van der Waals surface area contributed by atoms with E-state index in [0.29, 0.717) is 5.56 Å². The van der Waals surface area contributed by atoms with Crippen molar-refractivity contribution in [3.63, 3.8) is 0 Å². The Kier molecular flexibility index (Phi) is 5.65. The fraction of sp³-hybridized carbons (Fsp3) is 0.292. The van der Waals surface area contributed by atoms with Gasteiger partial charge in [-0.3, -0.25) is 4.79 Å². The summed E-state index contributed by atoms with van der Waals surface area (Å²) in [5, 5.41) is 3.47. The van der Waals surface area contributed by atoms with Crippen LogP contribution < -0.4 is 5.32 Å². The average Bonchev–Trinajstić information content (AvgIpc) is 3.23. The summed E-state index contributed by atoms with van der Waals surface area (Å²) in [7, 11) is 0. The number of benzene rings is 1. The van der Waals surface area contributed by atoms with E-state index in [0.717, 1.165) is 52.8 Å². The number of hydrogen-bond acceptors (Lipinski definition) is 5. The number of amides is 1. The number of carbonyl (C=O) groups excluding carboxylic acids is 2. The summed E-state index contributed by atoms with van der Waals surface area (Å²) in [6.45, 7) is 3.41. The van der Waals surface area contributed by atoms with Crippen LogP contribution in [0.1, 0.15) is 54.1 Å². The first kappa shape index (κ1) is 19.9. The molecule has 0 spiro atoms. The highest BCUT2D eigenvalue weighted by Gasteiger charge is 2.26. The molecule has 0 unspecified atom stereocenters. The lowest BCUT2D eigenvalue weighted by Crippen LogP contribution is -2.34. The molecule has 3 aromatic rings. The Morgan fingerprint density at radius 3 is 2.80 bits per heavy atom. The summed E-state index contributed by atoms with van der Waals surface area (Å²) in [4.78, 5) is 29.9. The van der Waals surface area contributed by atoms with Crippen LogP contribution in [0.15, 0.2) is 47.1 Å². The molecule has 1 aliphatic carbocycles. The summed E-state index contributed by atoms with van der Waals surface area (Å²) in [6, 6.07) is 11.3. The third-order valence-corrected chi connectivity index (χ3v) is 5.02. The van der Waals surface area contributed by atoms with Gasteiger partial charge in [0.2, 0.25) is 0 Å². The number of aromatic nitrogens is 1. The molecule has 6 nitrogen and oxygen atoms in total. The third kappa shape index (κ3) is 4.13. The molecule has 2 heterocycles. The molecule has 1 amide bonds. The molecular formula is C24H24N2O4. The summed E-state index contributed by atoms with van der Waals surface area (Å²) in [6.07, 6.45) is 6.09. The Morgan fingerprint density at radius 1 is 1.20 bits per heavy atom. The predicted octanol–water partition coefficient (Wildman–Crippen LogP) is 4.39. The van der Waals surface area contributed by atoms with E-state index in [1.54, 1.807) is 6.26 Å². The zero-order chi connectivity index (χ0) is 21.1. The molecule has 1 aromatic carbocycles. The van der Waals surface area contributed by atoms with E-state index in [-0.39, 0.29) is 18.6 Å². The third-order valence-electron chi connectivity index (χ3n) is 5.02. The number of esters is 1. The van der Waals surface area contributed by atoms with Gasteiger partial charge in [0.15, 0.2) is 6.61 Å². The van der Waals surface area contributed by atoms with Crippen LogP contribution >= 0.6 is 0 Å². The van der Waals surface area contributed by atoms with Crippen LogP contribution in [0, 0.1) is 0 Å². The topological polar surface area (TPSA) is 81.4 Å². The lowest BCUT2D eigenvalue weighted by molar-refractivity contribution is -0.124. The minimum absolute atomic E-state index is 0.0139. The molecule has 0 saturated heterocycles. The lowest BCUT2D eigenvalue weighted by atomic mass is 9.86. The van der Waals surface area contributed by atoms with Gasteiger partial charge < -0.3 is 14.5 Å². The number of hydrogen-bond donors (Lipinski definition) is 1. The van der Waals surface area contributed by atoms with E-state index < -0.39 is 5.97 Å². The molecule has 6 heteroatoms. The maximum Gasteiger partial charge on any atom is 0.339 e. The molecule has 0 fully saturated rings. The predicted molar refractivity (Wildman–Crippen MR) is 115 cm³/mol. The van der Waals surface area contributed by atoms with Gasteiger partial charge in [-0.25, -0.2) is 9.78 Å². The zero-order valence-corrected chi connectivity index (χ0v) is 17.1. The van der Waals surface area contributed by atoms with Crippen molar-refractivity contribution in [3.05, 3.63) is 65.2 Å². The Hall–Kier alpha value is -3.41.